The summed E-state index contributed by atoms with van der Waals surface area (Å²) in [6.45, 7) is 8.79. The summed E-state index contributed by atoms with van der Waals surface area (Å²) >= 11 is 0. The van der Waals surface area contributed by atoms with E-state index in [0.717, 1.165) is 11.8 Å². The summed E-state index contributed by atoms with van der Waals surface area (Å²) in [6.07, 6.45) is 7.18. The molecule has 2 aliphatic carbocycles. The van der Waals surface area contributed by atoms with Crippen LogP contribution >= 0.6 is 0 Å². The standard InChI is InChI=1S/C15H26O/c1-10(2)9-15(16)12(4)6-7-13-11(3)5-8-14(13)15/h9,11-14,16H,5-8H2,1-4H3/t11-,12-,13+,14-,15-/m1/s1. The third kappa shape index (κ3) is 1.84. The van der Waals surface area contributed by atoms with Crippen LogP contribution in [0.1, 0.15) is 53.4 Å². The van der Waals surface area contributed by atoms with E-state index in [4.69, 9.17) is 0 Å². The molecular weight excluding hydrogens is 196 g/mol. The van der Waals surface area contributed by atoms with E-state index in [1.165, 1.54) is 31.3 Å². The van der Waals surface area contributed by atoms with E-state index in [1.807, 2.05) is 0 Å². The molecule has 0 aromatic rings. The van der Waals surface area contributed by atoms with E-state index in [2.05, 4.69) is 33.8 Å². The number of allylic oxidation sites excluding steroid dienone is 1. The number of fused-ring (bicyclic) bond motifs is 1. The summed E-state index contributed by atoms with van der Waals surface area (Å²) in [6, 6.07) is 0. The van der Waals surface area contributed by atoms with Gasteiger partial charge in [0.05, 0.1) is 5.60 Å². The third-order valence-electron chi connectivity index (χ3n) is 5.02. The van der Waals surface area contributed by atoms with Gasteiger partial charge < -0.3 is 5.11 Å². The molecule has 0 aliphatic heterocycles. The van der Waals surface area contributed by atoms with Gasteiger partial charge in [-0.3, -0.25) is 0 Å². The zero-order chi connectivity index (χ0) is 11.9. The minimum absolute atomic E-state index is 0.425. The molecule has 0 amide bonds. The van der Waals surface area contributed by atoms with Crippen LogP contribution in [0.2, 0.25) is 0 Å². The average Bonchev–Trinajstić information content (AvgIpc) is 2.54. The third-order valence-corrected chi connectivity index (χ3v) is 5.02. The van der Waals surface area contributed by atoms with Gasteiger partial charge in [-0.05, 0) is 56.8 Å². The molecule has 2 rings (SSSR count). The monoisotopic (exact) mass is 222 g/mol. The molecule has 92 valence electrons. The van der Waals surface area contributed by atoms with Crippen LogP contribution in [0.25, 0.3) is 0 Å². The molecule has 5 atom stereocenters. The van der Waals surface area contributed by atoms with Crippen LogP contribution < -0.4 is 0 Å². The Labute approximate surface area is 99.9 Å². The Morgan fingerprint density at radius 3 is 2.44 bits per heavy atom. The summed E-state index contributed by atoms with van der Waals surface area (Å²) in [4.78, 5) is 0. The second-order valence-corrected chi connectivity index (χ2v) is 6.41. The molecule has 0 radical (unpaired) electrons. The lowest BCUT2D eigenvalue weighted by molar-refractivity contribution is -0.0688. The largest absolute Gasteiger partial charge is 0.385 e. The molecule has 0 aromatic heterocycles. The van der Waals surface area contributed by atoms with E-state index < -0.39 is 5.60 Å². The van der Waals surface area contributed by atoms with Gasteiger partial charge in [-0.25, -0.2) is 0 Å². The summed E-state index contributed by atoms with van der Waals surface area (Å²) < 4.78 is 0. The van der Waals surface area contributed by atoms with Crippen molar-refractivity contribution in [1.82, 2.24) is 0 Å². The quantitative estimate of drug-likeness (QED) is 0.669. The molecule has 1 heteroatoms. The van der Waals surface area contributed by atoms with E-state index in [1.54, 1.807) is 0 Å². The van der Waals surface area contributed by atoms with Crippen molar-refractivity contribution in [3.8, 4) is 0 Å². The molecule has 0 saturated heterocycles. The van der Waals surface area contributed by atoms with Gasteiger partial charge in [-0.15, -0.1) is 0 Å². The number of aliphatic hydroxyl groups is 1. The zero-order valence-electron chi connectivity index (χ0n) is 11.2. The fourth-order valence-corrected chi connectivity index (χ4v) is 4.08. The normalized spacial score (nSPS) is 47.6. The van der Waals surface area contributed by atoms with Gasteiger partial charge in [-0.1, -0.05) is 31.9 Å². The molecule has 0 aromatic carbocycles. The molecule has 2 saturated carbocycles. The van der Waals surface area contributed by atoms with Crippen molar-refractivity contribution < 1.29 is 5.11 Å². The van der Waals surface area contributed by atoms with Crippen LogP contribution in [-0.4, -0.2) is 10.7 Å². The maximum Gasteiger partial charge on any atom is 0.0886 e. The number of rotatable bonds is 1. The van der Waals surface area contributed by atoms with Crippen LogP contribution in [0.5, 0.6) is 0 Å². The smallest absolute Gasteiger partial charge is 0.0886 e. The SMILES string of the molecule is CC(C)=C[C@@]1(O)[C@H](C)CC[C@H]2[C@H](C)CC[C@H]21. The predicted octanol–water partition coefficient (Wildman–Crippen LogP) is 3.78. The molecule has 1 nitrogen and oxygen atoms in total. The maximum atomic E-state index is 11.0. The average molecular weight is 222 g/mol. The predicted molar refractivity (Wildman–Crippen MR) is 68.2 cm³/mol. The van der Waals surface area contributed by atoms with Crippen molar-refractivity contribution in [1.29, 1.82) is 0 Å². The molecule has 0 unspecified atom stereocenters. The Morgan fingerprint density at radius 1 is 1.12 bits per heavy atom. The minimum Gasteiger partial charge on any atom is -0.385 e. The zero-order valence-corrected chi connectivity index (χ0v) is 11.2. The molecule has 1 N–H and O–H groups in total. The lowest BCUT2D eigenvalue weighted by Gasteiger charge is -2.46. The minimum atomic E-state index is -0.521. The molecule has 2 fully saturated rings. The molecule has 0 heterocycles. The Hall–Kier alpha value is -0.300. The lowest BCUT2D eigenvalue weighted by atomic mass is 9.63. The van der Waals surface area contributed by atoms with Gasteiger partial charge in [0.2, 0.25) is 0 Å². The van der Waals surface area contributed by atoms with Gasteiger partial charge in [0.15, 0.2) is 0 Å². The molecule has 16 heavy (non-hydrogen) atoms. The molecule has 2 aliphatic rings. The first-order valence-corrected chi connectivity index (χ1v) is 6.83. The number of hydrogen-bond donors (Lipinski definition) is 1. The topological polar surface area (TPSA) is 20.2 Å². The Bertz CT molecular complexity index is 290. The molecule has 0 spiro atoms. The highest BCUT2D eigenvalue weighted by molar-refractivity contribution is 5.15. The summed E-state index contributed by atoms with van der Waals surface area (Å²) in [5.41, 5.74) is 0.738. The van der Waals surface area contributed by atoms with E-state index in [0.29, 0.717) is 11.8 Å². The fourth-order valence-electron chi connectivity index (χ4n) is 4.08. The summed E-state index contributed by atoms with van der Waals surface area (Å²) in [7, 11) is 0. The molecule has 0 bridgehead atoms. The van der Waals surface area contributed by atoms with E-state index in [9.17, 15) is 5.11 Å². The number of hydrogen-bond acceptors (Lipinski definition) is 1. The fraction of sp³-hybridized carbons (Fsp3) is 0.867. The van der Waals surface area contributed by atoms with Crippen molar-refractivity contribution in [2.24, 2.45) is 23.7 Å². The van der Waals surface area contributed by atoms with Gasteiger partial charge >= 0.3 is 0 Å². The van der Waals surface area contributed by atoms with E-state index in [-0.39, 0.29) is 0 Å². The van der Waals surface area contributed by atoms with Crippen molar-refractivity contribution in [2.45, 2.75) is 59.0 Å². The highest BCUT2D eigenvalue weighted by atomic mass is 16.3. The van der Waals surface area contributed by atoms with Crippen LogP contribution in [0.3, 0.4) is 0 Å². The molecular formula is C15H26O. The summed E-state index contributed by atoms with van der Waals surface area (Å²) in [5, 5.41) is 11.0. The van der Waals surface area contributed by atoms with Gasteiger partial charge in [0, 0.05) is 0 Å². The highest BCUT2D eigenvalue weighted by Gasteiger charge is 2.50. The second kappa shape index (κ2) is 4.18. The van der Waals surface area contributed by atoms with Crippen LogP contribution in [0.15, 0.2) is 11.6 Å². The first-order valence-electron chi connectivity index (χ1n) is 6.83. The van der Waals surface area contributed by atoms with E-state index >= 15 is 0 Å². The highest BCUT2D eigenvalue weighted by Crippen LogP contribution is 2.53. The Morgan fingerprint density at radius 2 is 1.81 bits per heavy atom. The second-order valence-electron chi connectivity index (χ2n) is 6.41. The summed E-state index contributed by atoms with van der Waals surface area (Å²) in [5.74, 6) is 2.52. The van der Waals surface area contributed by atoms with Gasteiger partial charge in [-0.2, -0.15) is 0 Å². The van der Waals surface area contributed by atoms with Crippen molar-refractivity contribution in [2.75, 3.05) is 0 Å². The maximum absolute atomic E-state index is 11.0. The Kier molecular flexibility index (Phi) is 3.18. The first kappa shape index (κ1) is 12.2. The Balaban J connectivity index is 2.30. The van der Waals surface area contributed by atoms with Crippen molar-refractivity contribution >= 4 is 0 Å². The van der Waals surface area contributed by atoms with Crippen molar-refractivity contribution in [3.05, 3.63) is 11.6 Å². The van der Waals surface area contributed by atoms with Crippen LogP contribution in [0.4, 0.5) is 0 Å². The first-order chi connectivity index (χ1) is 7.45. The van der Waals surface area contributed by atoms with Crippen LogP contribution in [0, 0.1) is 23.7 Å². The van der Waals surface area contributed by atoms with Gasteiger partial charge in [0.1, 0.15) is 0 Å². The van der Waals surface area contributed by atoms with Gasteiger partial charge in [0.25, 0.3) is 0 Å². The van der Waals surface area contributed by atoms with Crippen molar-refractivity contribution in [3.63, 3.8) is 0 Å². The van der Waals surface area contributed by atoms with Crippen LogP contribution in [-0.2, 0) is 0 Å². The lowest BCUT2D eigenvalue weighted by Crippen LogP contribution is -2.48.